The lowest BCUT2D eigenvalue weighted by Gasteiger charge is -2.25. The third-order valence-electron chi connectivity index (χ3n) is 3.01. The molecule has 0 saturated heterocycles. The molecule has 0 bridgehead atoms. The van der Waals surface area contributed by atoms with Gasteiger partial charge in [0.05, 0.1) is 11.6 Å². The monoisotopic (exact) mass is 319 g/mol. The van der Waals surface area contributed by atoms with Crippen LogP contribution in [0.3, 0.4) is 0 Å². The molecule has 0 aromatic heterocycles. The fourth-order valence-corrected chi connectivity index (χ4v) is 2.28. The lowest BCUT2D eigenvalue weighted by atomic mass is 9.87. The van der Waals surface area contributed by atoms with E-state index in [9.17, 15) is 9.50 Å². The van der Waals surface area contributed by atoms with Crippen molar-refractivity contribution in [2.75, 3.05) is 0 Å². The molecular weight excluding hydrogens is 309 g/mol. The second-order valence-corrected chi connectivity index (χ2v) is 5.30. The Bertz CT molecular complexity index is 661. The van der Waals surface area contributed by atoms with Gasteiger partial charge in [-0.2, -0.15) is 5.26 Å². The van der Waals surface area contributed by atoms with Gasteiger partial charge in [0.25, 0.3) is 0 Å². The molecule has 0 amide bonds. The Kier molecular flexibility index (Phi) is 3.70. The molecule has 2 nitrogen and oxygen atoms in total. The third kappa shape index (κ3) is 2.67. The zero-order valence-corrected chi connectivity index (χ0v) is 11.8. The van der Waals surface area contributed by atoms with Gasteiger partial charge >= 0.3 is 0 Å². The molecule has 0 spiro atoms. The average molecular weight is 320 g/mol. The highest BCUT2D eigenvalue weighted by Crippen LogP contribution is 2.32. The molecule has 0 fully saturated rings. The van der Waals surface area contributed by atoms with Gasteiger partial charge in [0.2, 0.25) is 0 Å². The van der Waals surface area contributed by atoms with Gasteiger partial charge in [0.15, 0.2) is 0 Å². The minimum atomic E-state index is -1.50. The van der Waals surface area contributed by atoms with Crippen molar-refractivity contribution in [3.8, 4) is 6.07 Å². The first-order valence-electron chi connectivity index (χ1n) is 5.63. The van der Waals surface area contributed by atoms with Crippen LogP contribution in [0.15, 0.2) is 46.9 Å². The fraction of sp³-hybridized carbons (Fsp3) is 0.133. The van der Waals surface area contributed by atoms with E-state index in [0.29, 0.717) is 15.6 Å². The Morgan fingerprint density at radius 2 is 2.00 bits per heavy atom. The van der Waals surface area contributed by atoms with Crippen LogP contribution in [0.4, 0.5) is 4.39 Å². The summed E-state index contributed by atoms with van der Waals surface area (Å²) in [5, 5.41) is 19.5. The number of halogens is 2. The molecule has 1 atom stereocenters. The molecule has 2 aromatic carbocycles. The fourth-order valence-electron chi connectivity index (χ4n) is 1.92. The Hall–Kier alpha value is -1.70. The summed E-state index contributed by atoms with van der Waals surface area (Å²) in [6.07, 6.45) is 0. The summed E-state index contributed by atoms with van der Waals surface area (Å²) < 4.78 is 14.6. The molecule has 96 valence electrons. The van der Waals surface area contributed by atoms with Crippen molar-refractivity contribution in [2.24, 2.45) is 0 Å². The van der Waals surface area contributed by atoms with Crippen molar-refractivity contribution in [3.63, 3.8) is 0 Å². The first-order chi connectivity index (χ1) is 8.95. The summed E-state index contributed by atoms with van der Waals surface area (Å²) in [5.74, 6) is -0.490. The zero-order chi connectivity index (χ0) is 14.0. The molecule has 1 N–H and O–H groups in total. The summed E-state index contributed by atoms with van der Waals surface area (Å²) in [6, 6.07) is 12.9. The van der Waals surface area contributed by atoms with Crippen LogP contribution in [0, 0.1) is 17.1 Å². The van der Waals surface area contributed by atoms with Crippen LogP contribution in [-0.4, -0.2) is 5.11 Å². The van der Waals surface area contributed by atoms with Gasteiger partial charge in [-0.05, 0) is 42.8 Å². The smallest absolute Gasteiger partial charge is 0.129 e. The van der Waals surface area contributed by atoms with E-state index in [1.807, 2.05) is 6.07 Å². The van der Waals surface area contributed by atoms with E-state index in [0.717, 1.165) is 0 Å². The largest absolute Gasteiger partial charge is 0.381 e. The summed E-state index contributed by atoms with van der Waals surface area (Å²) in [4.78, 5) is 0. The molecule has 0 aliphatic heterocycles. The molecule has 0 aliphatic carbocycles. The molecule has 0 radical (unpaired) electrons. The van der Waals surface area contributed by atoms with Gasteiger partial charge in [-0.1, -0.05) is 28.1 Å². The molecule has 4 heteroatoms. The van der Waals surface area contributed by atoms with Crippen LogP contribution in [-0.2, 0) is 5.60 Å². The summed E-state index contributed by atoms with van der Waals surface area (Å²) >= 11 is 3.26. The Morgan fingerprint density at radius 1 is 1.26 bits per heavy atom. The molecule has 19 heavy (non-hydrogen) atoms. The van der Waals surface area contributed by atoms with Gasteiger partial charge in [0.1, 0.15) is 11.4 Å². The van der Waals surface area contributed by atoms with E-state index < -0.39 is 11.4 Å². The van der Waals surface area contributed by atoms with Crippen LogP contribution in [0.1, 0.15) is 23.6 Å². The average Bonchev–Trinajstić information content (AvgIpc) is 2.41. The quantitative estimate of drug-likeness (QED) is 0.916. The lowest BCUT2D eigenvalue weighted by molar-refractivity contribution is 0.0978. The molecule has 0 saturated carbocycles. The Balaban J connectivity index is 2.58. The van der Waals surface area contributed by atoms with Crippen molar-refractivity contribution in [2.45, 2.75) is 12.5 Å². The summed E-state index contributed by atoms with van der Waals surface area (Å²) in [7, 11) is 0. The van der Waals surface area contributed by atoms with Crippen molar-refractivity contribution < 1.29 is 9.50 Å². The molecule has 0 aliphatic rings. The SMILES string of the molecule is CC(O)(c1cccc(C#N)c1)c1cc(Br)ccc1F. The summed E-state index contributed by atoms with van der Waals surface area (Å²) in [5.41, 5.74) is -0.436. The number of nitriles is 1. The minimum absolute atomic E-state index is 0.164. The Labute approximate surface area is 119 Å². The number of hydrogen-bond acceptors (Lipinski definition) is 2. The van der Waals surface area contributed by atoms with E-state index in [4.69, 9.17) is 5.26 Å². The molecule has 2 rings (SSSR count). The second kappa shape index (κ2) is 5.12. The van der Waals surface area contributed by atoms with Crippen LogP contribution in [0.2, 0.25) is 0 Å². The highest BCUT2D eigenvalue weighted by atomic mass is 79.9. The van der Waals surface area contributed by atoms with E-state index in [1.165, 1.54) is 19.1 Å². The molecule has 0 heterocycles. The standard InChI is InChI=1S/C15H11BrFNO/c1-15(19,11-4-2-3-10(7-11)9-18)13-8-12(16)5-6-14(13)17/h2-8,19H,1H3. The number of nitrogens with zero attached hydrogens (tertiary/aromatic N) is 1. The topological polar surface area (TPSA) is 44.0 Å². The van der Waals surface area contributed by atoms with Crippen LogP contribution in [0.5, 0.6) is 0 Å². The van der Waals surface area contributed by atoms with Crippen molar-refractivity contribution in [1.29, 1.82) is 5.26 Å². The van der Waals surface area contributed by atoms with Crippen molar-refractivity contribution in [3.05, 3.63) is 69.4 Å². The third-order valence-corrected chi connectivity index (χ3v) is 3.50. The van der Waals surface area contributed by atoms with Gasteiger partial charge in [0, 0.05) is 10.0 Å². The molecular formula is C15H11BrFNO. The van der Waals surface area contributed by atoms with Crippen LogP contribution in [0.25, 0.3) is 0 Å². The predicted octanol–water partition coefficient (Wildman–Crippen LogP) is 3.72. The minimum Gasteiger partial charge on any atom is -0.381 e. The first kappa shape index (κ1) is 13.7. The zero-order valence-electron chi connectivity index (χ0n) is 10.2. The molecule has 2 aromatic rings. The van der Waals surface area contributed by atoms with Gasteiger partial charge in [-0.15, -0.1) is 0 Å². The number of benzene rings is 2. The predicted molar refractivity (Wildman–Crippen MR) is 73.9 cm³/mol. The number of rotatable bonds is 2. The number of aliphatic hydroxyl groups is 1. The van der Waals surface area contributed by atoms with Crippen molar-refractivity contribution >= 4 is 15.9 Å². The van der Waals surface area contributed by atoms with Crippen LogP contribution < -0.4 is 0 Å². The second-order valence-electron chi connectivity index (χ2n) is 4.39. The van der Waals surface area contributed by atoms with Crippen LogP contribution >= 0.6 is 15.9 Å². The maximum atomic E-state index is 13.9. The first-order valence-corrected chi connectivity index (χ1v) is 6.43. The number of hydrogen-bond donors (Lipinski definition) is 1. The highest BCUT2D eigenvalue weighted by molar-refractivity contribution is 9.10. The van der Waals surface area contributed by atoms with Gasteiger partial charge < -0.3 is 5.11 Å². The van der Waals surface area contributed by atoms with E-state index in [1.54, 1.807) is 30.3 Å². The van der Waals surface area contributed by atoms with Crippen molar-refractivity contribution in [1.82, 2.24) is 0 Å². The maximum absolute atomic E-state index is 13.9. The maximum Gasteiger partial charge on any atom is 0.129 e. The van der Waals surface area contributed by atoms with Gasteiger partial charge in [-0.25, -0.2) is 4.39 Å². The van der Waals surface area contributed by atoms with E-state index in [2.05, 4.69) is 15.9 Å². The lowest BCUT2D eigenvalue weighted by Crippen LogP contribution is -2.24. The highest BCUT2D eigenvalue weighted by Gasteiger charge is 2.29. The van der Waals surface area contributed by atoms with E-state index in [-0.39, 0.29) is 5.56 Å². The normalized spacial score (nSPS) is 13.6. The Morgan fingerprint density at radius 3 is 2.68 bits per heavy atom. The summed E-state index contributed by atoms with van der Waals surface area (Å²) in [6.45, 7) is 1.51. The van der Waals surface area contributed by atoms with E-state index >= 15 is 0 Å². The molecule has 1 unspecified atom stereocenters. The van der Waals surface area contributed by atoms with Gasteiger partial charge in [-0.3, -0.25) is 0 Å².